The summed E-state index contributed by atoms with van der Waals surface area (Å²) in [5, 5.41) is 82.5. The number of anilines is 1. The van der Waals surface area contributed by atoms with Crippen LogP contribution in [0.3, 0.4) is 0 Å². The van der Waals surface area contributed by atoms with E-state index in [1.54, 1.807) is 19.6 Å². The number of carbonyl (C=O) groups is 10. The SMILES string of the molecule is O=C(O)CC[C@H](NC(=O)N[C@@H](CCCCNC(=O)CCCCCCC(=O)NCCCCNC(=S)Nc1ccc(CC2CN(CC(=O)O)CCN(CC(=O)O)CCN(CC(=O)O)CCN2CC(=O)O)cc1)C(=O)O)C(=O)O. The van der Waals surface area contributed by atoms with Gasteiger partial charge in [-0.15, -0.1) is 0 Å². The fourth-order valence-electron chi connectivity index (χ4n) is 8.15. The number of carbonyl (C=O) groups excluding carboxylic acids is 3. The molecular formula is C48H76N10O17S. The van der Waals surface area contributed by atoms with Crippen LogP contribution in [-0.4, -0.2) is 230 Å². The molecule has 1 heterocycles. The van der Waals surface area contributed by atoms with E-state index < -0.39 is 72.4 Å². The van der Waals surface area contributed by atoms with Crippen molar-refractivity contribution in [2.75, 3.05) is 96.9 Å². The van der Waals surface area contributed by atoms with E-state index in [9.17, 15) is 78.6 Å². The zero-order valence-corrected chi connectivity index (χ0v) is 43.6. The third-order valence-electron chi connectivity index (χ3n) is 12.1. The van der Waals surface area contributed by atoms with Crippen LogP contribution in [0.5, 0.6) is 0 Å². The number of hydrogen-bond donors (Lipinski definition) is 13. The Kier molecular flexibility index (Phi) is 31.9. The lowest BCUT2D eigenvalue weighted by Crippen LogP contribution is -2.53. The molecule has 1 aromatic rings. The molecule has 0 saturated carbocycles. The van der Waals surface area contributed by atoms with Crippen molar-refractivity contribution in [1.82, 2.24) is 46.2 Å². The summed E-state index contributed by atoms with van der Waals surface area (Å²) < 4.78 is 0. The maximum Gasteiger partial charge on any atom is 0.326 e. The van der Waals surface area contributed by atoms with Crippen molar-refractivity contribution >= 4 is 82.6 Å². The first kappa shape index (κ1) is 65.4. The molecule has 3 atom stereocenters. The molecule has 27 nitrogen and oxygen atoms in total. The number of urea groups is 1. The second-order valence-corrected chi connectivity index (χ2v) is 18.8. The lowest BCUT2D eigenvalue weighted by atomic mass is 10.0. The summed E-state index contributed by atoms with van der Waals surface area (Å²) in [6.45, 7) is 1.24. The summed E-state index contributed by atoms with van der Waals surface area (Å²) in [4.78, 5) is 124. The van der Waals surface area contributed by atoms with Crippen molar-refractivity contribution < 1.29 is 83.7 Å². The van der Waals surface area contributed by atoms with E-state index in [1.807, 2.05) is 24.3 Å². The van der Waals surface area contributed by atoms with Gasteiger partial charge in [0.1, 0.15) is 12.1 Å². The normalized spacial score (nSPS) is 15.8. The minimum absolute atomic E-state index is 0.0143. The summed E-state index contributed by atoms with van der Waals surface area (Å²) >= 11 is 5.47. The summed E-state index contributed by atoms with van der Waals surface area (Å²) in [5.41, 5.74) is 1.50. The number of nitrogens with one attached hydrogen (secondary N) is 6. The van der Waals surface area contributed by atoms with Gasteiger partial charge in [0.15, 0.2) is 5.11 Å². The van der Waals surface area contributed by atoms with Crippen molar-refractivity contribution in [2.45, 2.75) is 108 Å². The lowest BCUT2D eigenvalue weighted by Gasteiger charge is -2.37. The average molecular weight is 1100 g/mol. The van der Waals surface area contributed by atoms with Crippen LogP contribution in [0.2, 0.25) is 0 Å². The van der Waals surface area contributed by atoms with Gasteiger partial charge in [0.05, 0.1) is 26.2 Å². The molecule has 28 heteroatoms. The molecule has 0 bridgehead atoms. The van der Waals surface area contributed by atoms with Crippen LogP contribution in [0.25, 0.3) is 0 Å². The molecule has 0 radical (unpaired) electrons. The van der Waals surface area contributed by atoms with Gasteiger partial charge in [-0.3, -0.25) is 53.2 Å². The number of rotatable bonds is 35. The molecule has 1 aliphatic heterocycles. The fraction of sp³-hybridized carbons (Fsp3) is 0.646. The standard InChI is InChI=1S/C48H76N10O17S/c59-38(49-18-6-5-9-36(45(71)72)53-47(75)54-37(46(73)74)16-17-40(61)62)10-3-1-2-4-11-39(60)50-19-7-8-20-51-48(76)52-34-14-12-33(13-15-34)27-35-28-57(31-43(67)68)24-23-55(29-41(63)64)21-22-56(30-42(65)66)25-26-58(35)32-44(69)70/h12-15,35-37H,1-11,16-32H2,(H,49,59)(H,50,60)(H,61,62)(H,63,64)(H,65,66)(H,67,68)(H,69,70)(H,71,72)(H,73,74)(H2,51,52,76)(H2,53,54,75)/t35?,36-,37-/m0/s1. The number of unbranched alkanes of at least 4 members (excludes halogenated alkanes) is 5. The van der Waals surface area contributed by atoms with E-state index in [2.05, 4.69) is 31.9 Å². The third-order valence-corrected chi connectivity index (χ3v) is 12.4. The van der Waals surface area contributed by atoms with Crippen LogP contribution >= 0.6 is 12.2 Å². The van der Waals surface area contributed by atoms with Gasteiger partial charge < -0.3 is 67.6 Å². The molecule has 0 aliphatic carbocycles. The van der Waals surface area contributed by atoms with Crippen molar-refractivity contribution in [2.24, 2.45) is 0 Å². The van der Waals surface area contributed by atoms with Gasteiger partial charge in [-0.2, -0.15) is 0 Å². The van der Waals surface area contributed by atoms with Crippen LogP contribution in [0.1, 0.15) is 89.0 Å². The lowest BCUT2D eigenvalue weighted by molar-refractivity contribution is -0.142. The van der Waals surface area contributed by atoms with Crippen molar-refractivity contribution in [3.05, 3.63) is 29.8 Å². The van der Waals surface area contributed by atoms with Crippen molar-refractivity contribution in [3.63, 3.8) is 0 Å². The summed E-state index contributed by atoms with van der Waals surface area (Å²) in [6, 6.07) is 2.91. The molecule has 0 spiro atoms. The van der Waals surface area contributed by atoms with Gasteiger partial charge in [0, 0.05) is 96.4 Å². The number of aliphatic carboxylic acids is 7. The van der Waals surface area contributed by atoms with E-state index in [-0.39, 0.29) is 110 Å². The zero-order chi connectivity index (χ0) is 56.4. The largest absolute Gasteiger partial charge is 0.481 e. The predicted octanol–water partition coefficient (Wildman–Crippen LogP) is 0.0380. The van der Waals surface area contributed by atoms with E-state index in [0.717, 1.165) is 24.8 Å². The highest BCUT2D eigenvalue weighted by Gasteiger charge is 2.28. The Bertz CT molecular complexity index is 2070. The summed E-state index contributed by atoms with van der Waals surface area (Å²) in [5.74, 6) is -8.64. The Morgan fingerprint density at radius 2 is 0.947 bits per heavy atom. The monoisotopic (exact) mass is 1100 g/mol. The number of carboxylic acid groups (broad SMARTS) is 7. The van der Waals surface area contributed by atoms with Crippen LogP contribution in [-0.2, 0) is 49.6 Å². The van der Waals surface area contributed by atoms with Crippen LogP contribution in [0.4, 0.5) is 10.5 Å². The van der Waals surface area contributed by atoms with Gasteiger partial charge in [-0.05, 0) is 87.7 Å². The van der Waals surface area contributed by atoms with Crippen LogP contribution in [0.15, 0.2) is 24.3 Å². The average Bonchev–Trinajstić information content (AvgIpc) is 3.33. The number of nitrogens with zero attached hydrogens (tertiary/aromatic N) is 4. The molecular weight excluding hydrogens is 1020 g/mol. The highest BCUT2D eigenvalue weighted by Crippen LogP contribution is 2.17. The second kappa shape index (κ2) is 37.1. The van der Waals surface area contributed by atoms with Crippen molar-refractivity contribution in [1.29, 1.82) is 0 Å². The molecule has 1 aromatic carbocycles. The molecule has 1 saturated heterocycles. The highest BCUT2D eigenvalue weighted by atomic mass is 32.1. The first-order valence-corrected chi connectivity index (χ1v) is 25.7. The molecule has 0 aromatic heterocycles. The Morgan fingerprint density at radius 3 is 1.43 bits per heavy atom. The predicted molar refractivity (Wildman–Crippen MR) is 278 cm³/mol. The second-order valence-electron chi connectivity index (χ2n) is 18.4. The minimum atomic E-state index is -1.51. The Balaban J connectivity index is 1.70. The van der Waals surface area contributed by atoms with Crippen LogP contribution in [0, 0.1) is 0 Å². The maximum atomic E-state index is 12.3. The molecule has 2 rings (SSSR count). The van der Waals surface area contributed by atoms with E-state index >= 15 is 0 Å². The summed E-state index contributed by atoms with van der Waals surface area (Å²) in [7, 11) is 0. The van der Waals surface area contributed by atoms with Crippen molar-refractivity contribution in [3.8, 4) is 0 Å². The third kappa shape index (κ3) is 31.2. The zero-order valence-electron chi connectivity index (χ0n) is 42.8. The molecule has 4 amide bonds. The molecule has 13 N–H and O–H groups in total. The minimum Gasteiger partial charge on any atom is -0.481 e. The molecule has 426 valence electrons. The number of hydrogen-bond acceptors (Lipinski definition) is 15. The van der Waals surface area contributed by atoms with Gasteiger partial charge >= 0.3 is 47.8 Å². The molecule has 1 fully saturated rings. The molecule has 76 heavy (non-hydrogen) atoms. The quantitative estimate of drug-likeness (QED) is 0.0315. The van der Waals surface area contributed by atoms with Gasteiger partial charge in [0.25, 0.3) is 0 Å². The maximum absolute atomic E-state index is 12.3. The number of benzene rings is 1. The first-order valence-electron chi connectivity index (χ1n) is 25.3. The van der Waals surface area contributed by atoms with Gasteiger partial charge in [0.2, 0.25) is 11.8 Å². The Labute approximate surface area is 446 Å². The first-order chi connectivity index (χ1) is 36.1. The summed E-state index contributed by atoms with van der Waals surface area (Å²) in [6.07, 6.45) is 5.06. The molecule has 1 aliphatic rings. The van der Waals surface area contributed by atoms with Gasteiger partial charge in [-0.25, -0.2) is 14.4 Å². The topological polar surface area (TPSA) is 397 Å². The molecule has 1 unspecified atom stereocenters. The van der Waals surface area contributed by atoms with Gasteiger partial charge in [-0.1, -0.05) is 25.0 Å². The number of thiocarbonyl (C=S) groups is 1. The number of amides is 4. The van der Waals surface area contributed by atoms with Crippen LogP contribution < -0.4 is 31.9 Å². The Hall–Kier alpha value is -6.75. The fourth-order valence-corrected chi connectivity index (χ4v) is 8.37. The number of carboxylic acids is 7. The Morgan fingerprint density at radius 1 is 0.500 bits per heavy atom. The smallest absolute Gasteiger partial charge is 0.326 e. The van der Waals surface area contributed by atoms with E-state index in [1.165, 1.54) is 0 Å². The van der Waals surface area contributed by atoms with E-state index in [4.69, 9.17) is 17.3 Å². The van der Waals surface area contributed by atoms with E-state index in [0.29, 0.717) is 68.8 Å². The highest BCUT2D eigenvalue weighted by molar-refractivity contribution is 7.80.